The Balaban J connectivity index is 1.78. The number of aromatic nitrogens is 1. The zero-order chi connectivity index (χ0) is 16.2. The van der Waals surface area contributed by atoms with E-state index in [0.29, 0.717) is 19.5 Å². The summed E-state index contributed by atoms with van der Waals surface area (Å²) in [5.74, 6) is -0.0150. The van der Waals surface area contributed by atoms with Gasteiger partial charge in [-0.25, -0.2) is 0 Å². The van der Waals surface area contributed by atoms with Gasteiger partial charge in [0.1, 0.15) is 0 Å². The Morgan fingerprint density at radius 1 is 1.41 bits per heavy atom. The van der Waals surface area contributed by atoms with Crippen molar-refractivity contribution in [2.24, 2.45) is 0 Å². The molecule has 0 aromatic carbocycles. The molecule has 0 atom stereocenters. The fourth-order valence-corrected chi connectivity index (χ4v) is 3.33. The van der Waals surface area contributed by atoms with Crippen molar-refractivity contribution in [3.63, 3.8) is 0 Å². The van der Waals surface area contributed by atoms with Gasteiger partial charge in [0.2, 0.25) is 5.91 Å². The molecule has 0 unspecified atom stereocenters. The van der Waals surface area contributed by atoms with Gasteiger partial charge in [-0.3, -0.25) is 14.5 Å². The molecule has 124 valence electrons. The number of morpholine rings is 1. The van der Waals surface area contributed by atoms with Crippen molar-refractivity contribution in [3.8, 4) is 0 Å². The molecule has 1 aliphatic rings. The number of hydrogen-bond acceptors (Lipinski definition) is 5. The van der Waals surface area contributed by atoms with Crippen LogP contribution in [0.25, 0.3) is 0 Å². The predicted octanol–water partition coefficient (Wildman–Crippen LogP) is 0.835. The van der Waals surface area contributed by atoms with Crippen LogP contribution in [0.2, 0.25) is 0 Å². The lowest BCUT2D eigenvalue weighted by Crippen LogP contribution is -2.55. The molecule has 7 heteroatoms. The molecule has 0 bridgehead atoms. The van der Waals surface area contributed by atoms with Gasteiger partial charge < -0.3 is 14.6 Å². The van der Waals surface area contributed by atoms with Gasteiger partial charge in [0, 0.05) is 49.2 Å². The van der Waals surface area contributed by atoms with E-state index in [2.05, 4.69) is 24.1 Å². The normalized spacial score (nSPS) is 16.7. The topological polar surface area (TPSA) is 63.6 Å². The summed E-state index contributed by atoms with van der Waals surface area (Å²) in [6.45, 7) is 10.5. The summed E-state index contributed by atoms with van der Waals surface area (Å²) in [4.78, 5) is 26.0. The van der Waals surface area contributed by atoms with Crippen LogP contribution in [0.15, 0.2) is 10.2 Å². The number of nitrogens with one attached hydrogen (secondary N) is 1. The molecule has 1 fully saturated rings. The first-order valence-electron chi connectivity index (χ1n) is 7.64. The number of thiazole rings is 1. The van der Waals surface area contributed by atoms with Gasteiger partial charge in [0.15, 0.2) is 0 Å². The summed E-state index contributed by atoms with van der Waals surface area (Å²) in [6, 6.07) is 0. The first kappa shape index (κ1) is 17.2. The van der Waals surface area contributed by atoms with E-state index in [4.69, 9.17) is 4.74 Å². The number of carbonyl (C=O) groups is 1. The highest BCUT2D eigenvalue weighted by molar-refractivity contribution is 7.07. The summed E-state index contributed by atoms with van der Waals surface area (Å²) >= 11 is 1.18. The molecule has 1 aromatic heterocycles. The van der Waals surface area contributed by atoms with Crippen molar-refractivity contribution in [2.45, 2.75) is 39.3 Å². The minimum Gasteiger partial charge on any atom is -0.379 e. The molecule has 0 spiro atoms. The number of rotatable bonds is 6. The summed E-state index contributed by atoms with van der Waals surface area (Å²) < 4.78 is 7.01. The van der Waals surface area contributed by atoms with E-state index in [1.807, 2.05) is 12.3 Å². The average molecular weight is 327 g/mol. The van der Waals surface area contributed by atoms with E-state index in [0.717, 1.165) is 32.0 Å². The number of ether oxygens (including phenoxy) is 1. The lowest BCUT2D eigenvalue weighted by atomic mass is 10.0. The summed E-state index contributed by atoms with van der Waals surface area (Å²) in [7, 11) is 0. The van der Waals surface area contributed by atoms with E-state index >= 15 is 0 Å². The largest absolute Gasteiger partial charge is 0.379 e. The van der Waals surface area contributed by atoms with E-state index < -0.39 is 0 Å². The summed E-state index contributed by atoms with van der Waals surface area (Å²) in [5.41, 5.74) is 0.825. The van der Waals surface area contributed by atoms with Crippen molar-refractivity contribution in [1.29, 1.82) is 0 Å². The highest BCUT2D eigenvalue weighted by Crippen LogP contribution is 2.15. The lowest BCUT2D eigenvalue weighted by Gasteiger charge is -2.40. The van der Waals surface area contributed by atoms with Gasteiger partial charge in [0.25, 0.3) is 0 Å². The van der Waals surface area contributed by atoms with E-state index in [1.165, 1.54) is 11.3 Å². The molecule has 1 N–H and O–H groups in total. The molecule has 22 heavy (non-hydrogen) atoms. The number of aryl methyl sites for hydroxylation is 1. The standard InChI is InChI=1S/C15H25N3O3S/c1-12-10-22-14(20)18(12)5-4-13(19)16-11-15(2,3)17-6-8-21-9-7-17/h10H,4-9,11H2,1-3H3,(H,16,19). The van der Waals surface area contributed by atoms with E-state index in [9.17, 15) is 9.59 Å². The van der Waals surface area contributed by atoms with Crippen molar-refractivity contribution < 1.29 is 9.53 Å². The Kier molecular flexibility index (Phi) is 5.77. The molecule has 0 saturated carbocycles. The van der Waals surface area contributed by atoms with Crippen LogP contribution >= 0.6 is 11.3 Å². The molecule has 0 radical (unpaired) electrons. The van der Waals surface area contributed by atoms with Gasteiger partial charge in [0.05, 0.1) is 13.2 Å². The molecule has 1 saturated heterocycles. The van der Waals surface area contributed by atoms with Crippen molar-refractivity contribution in [2.75, 3.05) is 32.8 Å². The molecule has 0 aliphatic carbocycles. The average Bonchev–Trinajstić information content (AvgIpc) is 2.83. The maximum absolute atomic E-state index is 12.0. The van der Waals surface area contributed by atoms with Gasteiger partial charge in [-0.05, 0) is 20.8 Å². The molecule has 1 aliphatic heterocycles. The van der Waals surface area contributed by atoms with Crippen molar-refractivity contribution in [3.05, 3.63) is 20.7 Å². The molecule has 2 heterocycles. The fourth-order valence-electron chi connectivity index (χ4n) is 2.57. The van der Waals surface area contributed by atoms with Crippen LogP contribution in [-0.2, 0) is 16.1 Å². The van der Waals surface area contributed by atoms with Crippen LogP contribution in [0.4, 0.5) is 0 Å². The monoisotopic (exact) mass is 327 g/mol. The second-order valence-electron chi connectivity index (χ2n) is 6.23. The summed E-state index contributed by atoms with van der Waals surface area (Å²) in [5, 5.41) is 4.81. The first-order valence-corrected chi connectivity index (χ1v) is 8.52. The van der Waals surface area contributed by atoms with E-state index in [-0.39, 0.29) is 16.3 Å². The van der Waals surface area contributed by atoms with Crippen molar-refractivity contribution in [1.82, 2.24) is 14.8 Å². The first-order chi connectivity index (χ1) is 10.4. The molecule has 2 rings (SSSR count). The Labute approximate surface area is 135 Å². The van der Waals surface area contributed by atoms with Gasteiger partial charge >= 0.3 is 4.87 Å². The molecule has 1 amide bonds. The number of amides is 1. The van der Waals surface area contributed by atoms with Gasteiger partial charge in [-0.2, -0.15) is 0 Å². The zero-order valence-corrected chi connectivity index (χ0v) is 14.4. The molecular weight excluding hydrogens is 302 g/mol. The van der Waals surface area contributed by atoms with E-state index in [1.54, 1.807) is 4.57 Å². The van der Waals surface area contributed by atoms with Crippen LogP contribution in [-0.4, -0.2) is 53.8 Å². The third kappa shape index (κ3) is 4.41. The van der Waals surface area contributed by atoms with Crippen LogP contribution in [0, 0.1) is 6.92 Å². The molecule has 1 aromatic rings. The minimum absolute atomic E-state index is 0.000975. The Morgan fingerprint density at radius 3 is 2.68 bits per heavy atom. The third-order valence-corrected chi connectivity index (χ3v) is 5.01. The Hall–Kier alpha value is -1.18. The predicted molar refractivity (Wildman–Crippen MR) is 87.4 cm³/mol. The zero-order valence-electron chi connectivity index (χ0n) is 13.6. The highest BCUT2D eigenvalue weighted by Gasteiger charge is 2.28. The fraction of sp³-hybridized carbons (Fsp3) is 0.733. The van der Waals surface area contributed by atoms with Crippen molar-refractivity contribution >= 4 is 17.2 Å². The minimum atomic E-state index is -0.0887. The lowest BCUT2D eigenvalue weighted by molar-refractivity contribution is -0.122. The number of nitrogens with zero attached hydrogens (tertiary/aromatic N) is 2. The number of hydrogen-bond donors (Lipinski definition) is 1. The maximum atomic E-state index is 12.0. The number of carbonyl (C=O) groups excluding carboxylic acids is 1. The van der Waals surface area contributed by atoms with Gasteiger partial charge in [-0.1, -0.05) is 11.3 Å². The molecule has 6 nitrogen and oxygen atoms in total. The Bertz CT molecular complexity index is 559. The Morgan fingerprint density at radius 2 is 2.09 bits per heavy atom. The second kappa shape index (κ2) is 7.39. The van der Waals surface area contributed by atoms with Crippen LogP contribution in [0.1, 0.15) is 26.0 Å². The highest BCUT2D eigenvalue weighted by atomic mass is 32.1. The SMILES string of the molecule is Cc1csc(=O)n1CCC(=O)NCC(C)(C)N1CCOCC1. The quantitative estimate of drug-likeness (QED) is 0.841. The van der Waals surface area contributed by atoms with Gasteiger partial charge in [-0.15, -0.1) is 0 Å². The maximum Gasteiger partial charge on any atom is 0.307 e. The molecular formula is C15H25N3O3S. The third-order valence-electron chi connectivity index (χ3n) is 4.12. The van der Waals surface area contributed by atoms with Crippen LogP contribution in [0.5, 0.6) is 0 Å². The van der Waals surface area contributed by atoms with Crippen LogP contribution in [0.3, 0.4) is 0 Å². The second-order valence-corrected chi connectivity index (χ2v) is 7.05. The summed E-state index contributed by atoms with van der Waals surface area (Å²) in [6.07, 6.45) is 0.330. The smallest absolute Gasteiger partial charge is 0.307 e. The van der Waals surface area contributed by atoms with Crippen LogP contribution < -0.4 is 10.2 Å².